The highest BCUT2D eigenvalue weighted by Crippen LogP contribution is 2.20. The fourth-order valence-electron chi connectivity index (χ4n) is 2.84. The lowest BCUT2D eigenvalue weighted by molar-refractivity contribution is 0.104. The second-order valence-corrected chi connectivity index (χ2v) is 6.54. The van der Waals surface area contributed by atoms with E-state index in [-0.39, 0.29) is 11.6 Å². The second kappa shape index (κ2) is 7.99. The molecule has 3 rings (SSSR count). The van der Waals surface area contributed by atoms with Crippen molar-refractivity contribution < 1.29 is 9.18 Å². The lowest BCUT2D eigenvalue weighted by Crippen LogP contribution is -2.04. The molecule has 0 bridgehead atoms. The first-order chi connectivity index (χ1) is 12.9. The van der Waals surface area contributed by atoms with E-state index in [1.54, 1.807) is 6.20 Å². The SMILES string of the molecule is Cc1ccc(Cn2nc(C)c(N/C=C/C(=O)c3ccc(F)cc3)c2C)cc1. The first-order valence-corrected chi connectivity index (χ1v) is 8.76. The van der Waals surface area contributed by atoms with Gasteiger partial charge in [0.25, 0.3) is 0 Å². The Morgan fingerprint density at radius 1 is 1.07 bits per heavy atom. The molecule has 0 fully saturated rings. The van der Waals surface area contributed by atoms with Crippen molar-refractivity contribution >= 4 is 11.5 Å². The number of anilines is 1. The van der Waals surface area contributed by atoms with E-state index in [0.29, 0.717) is 12.1 Å². The topological polar surface area (TPSA) is 46.9 Å². The molecule has 1 N–H and O–H groups in total. The van der Waals surface area contributed by atoms with Crippen LogP contribution in [0.1, 0.15) is 32.9 Å². The Bertz CT molecular complexity index is 970. The van der Waals surface area contributed by atoms with Crippen LogP contribution in [0.15, 0.2) is 60.8 Å². The molecule has 0 spiro atoms. The van der Waals surface area contributed by atoms with Gasteiger partial charge in [0.1, 0.15) is 5.82 Å². The minimum atomic E-state index is -0.360. The number of allylic oxidation sites excluding steroid dienone is 1. The first kappa shape index (κ1) is 18.6. The number of aromatic nitrogens is 2. The zero-order valence-corrected chi connectivity index (χ0v) is 15.7. The fourth-order valence-corrected chi connectivity index (χ4v) is 2.84. The minimum absolute atomic E-state index is 0.190. The zero-order valence-electron chi connectivity index (χ0n) is 15.7. The van der Waals surface area contributed by atoms with E-state index >= 15 is 0 Å². The molecule has 4 nitrogen and oxygen atoms in total. The van der Waals surface area contributed by atoms with Crippen LogP contribution in [-0.2, 0) is 6.54 Å². The number of hydrogen-bond acceptors (Lipinski definition) is 3. The Morgan fingerprint density at radius 2 is 1.74 bits per heavy atom. The summed E-state index contributed by atoms with van der Waals surface area (Å²) in [4.78, 5) is 12.1. The number of benzene rings is 2. The van der Waals surface area contributed by atoms with Crippen molar-refractivity contribution in [2.75, 3.05) is 5.32 Å². The maximum Gasteiger partial charge on any atom is 0.187 e. The second-order valence-electron chi connectivity index (χ2n) is 6.54. The Morgan fingerprint density at radius 3 is 2.41 bits per heavy atom. The summed E-state index contributed by atoms with van der Waals surface area (Å²) < 4.78 is 14.9. The highest BCUT2D eigenvalue weighted by Gasteiger charge is 2.11. The average Bonchev–Trinajstić information content (AvgIpc) is 2.91. The van der Waals surface area contributed by atoms with Crippen LogP contribution in [0.3, 0.4) is 0 Å². The van der Waals surface area contributed by atoms with E-state index in [0.717, 1.165) is 17.1 Å². The van der Waals surface area contributed by atoms with Crippen LogP contribution < -0.4 is 5.32 Å². The largest absolute Gasteiger partial charge is 0.359 e. The van der Waals surface area contributed by atoms with Gasteiger partial charge in [-0.3, -0.25) is 9.48 Å². The van der Waals surface area contributed by atoms with Crippen LogP contribution in [0, 0.1) is 26.6 Å². The van der Waals surface area contributed by atoms with Crippen LogP contribution in [-0.4, -0.2) is 15.6 Å². The van der Waals surface area contributed by atoms with Gasteiger partial charge in [0.2, 0.25) is 0 Å². The highest BCUT2D eigenvalue weighted by atomic mass is 19.1. The maximum absolute atomic E-state index is 12.9. The van der Waals surface area contributed by atoms with E-state index in [2.05, 4.69) is 41.6 Å². The summed E-state index contributed by atoms with van der Waals surface area (Å²) in [6.07, 6.45) is 3.03. The molecule has 5 heteroatoms. The molecule has 0 saturated heterocycles. The first-order valence-electron chi connectivity index (χ1n) is 8.76. The molecule has 0 aliphatic heterocycles. The minimum Gasteiger partial charge on any atom is -0.359 e. The molecule has 27 heavy (non-hydrogen) atoms. The van der Waals surface area contributed by atoms with E-state index in [1.165, 1.54) is 41.5 Å². The smallest absolute Gasteiger partial charge is 0.187 e. The van der Waals surface area contributed by atoms with Crippen molar-refractivity contribution in [2.24, 2.45) is 0 Å². The molecular formula is C22H22FN3O. The molecule has 0 aliphatic carbocycles. The van der Waals surface area contributed by atoms with Gasteiger partial charge in [0, 0.05) is 17.8 Å². The van der Waals surface area contributed by atoms with Gasteiger partial charge < -0.3 is 5.32 Å². The molecule has 0 atom stereocenters. The van der Waals surface area contributed by atoms with Crippen molar-refractivity contribution in [1.82, 2.24) is 9.78 Å². The van der Waals surface area contributed by atoms with E-state index in [4.69, 9.17) is 0 Å². The fraction of sp³-hybridized carbons (Fsp3) is 0.182. The molecule has 1 heterocycles. The normalized spacial score (nSPS) is 11.1. The number of halogens is 1. The summed E-state index contributed by atoms with van der Waals surface area (Å²) in [5.74, 6) is -0.550. The average molecular weight is 363 g/mol. The summed E-state index contributed by atoms with van der Waals surface area (Å²) in [6, 6.07) is 13.9. The van der Waals surface area contributed by atoms with E-state index in [1.807, 2.05) is 18.5 Å². The summed E-state index contributed by atoms with van der Waals surface area (Å²) in [5, 5.41) is 7.74. The van der Waals surface area contributed by atoms with E-state index < -0.39 is 0 Å². The molecular weight excluding hydrogens is 341 g/mol. The number of aryl methyl sites for hydroxylation is 2. The molecule has 3 aromatic rings. The Balaban J connectivity index is 1.70. The van der Waals surface area contributed by atoms with Gasteiger partial charge in [-0.1, -0.05) is 29.8 Å². The molecule has 2 aromatic carbocycles. The molecule has 138 valence electrons. The van der Waals surface area contributed by atoms with Crippen LogP contribution in [0.2, 0.25) is 0 Å². The number of nitrogens with one attached hydrogen (secondary N) is 1. The van der Waals surface area contributed by atoms with Crippen molar-refractivity contribution in [3.63, 3.8) is 0 Å². The number of nitrogens with zero attached hydrogens (tertiary/aromatic N) is 2. The molecule has 1 aromatic heterocycles. The Hall–Kier alpha value is -3.21. The molecule has 0 aliphatic rings. The molecule has 0 saturated carbocycles. The van der Waals surface area contributed by atoms with Gasteiger partial charge in [-0.25, -0.2) is 4.39 Å². The number of carbonyl (C=O) groups excluding carboxylic acids is 1. The lowest BCUT2D eigenvalue weighted by Gasteiger charge is -2.06. The standard InChI is InChI=1S/C22H22FN3O/c1-15-4-6-18(7-5-15)14-26-17(3)22(16(2)25-26)24-13-12-21(27)19-8-10-20(23)11-9-19/h4-13,24H,14H2,1-3H3/b13-12+. The van der Waals surface area contributed by atoms with Crippen molar-refractivity contribution in [2.45, 2.75) is 27.3 Å². The lowest BCUT2D eigenvalue weighted by atomic mass is 10.1. The predicted octanol–water partition coefficient (Wildman–Crippen LogP) is 4.80. The summed E-state index contributed by atoms with van der Waals surface area (Å²) >= 11 is 0. The Labute approximate surface area is 158 Å². The van der Waals surface area contributed by atoms with Crippen molar-refractivity contribution in [3.05, 3.63) is 94.7 Å². The Kier molecular flexibility index (Phi) is 5.50. The van der Waals surface area contributed by atoms with Crippen molar-refractivity contribution in [3.8, 4) is 0 Å². The zero-order chi connectivity index (χ0) is 19.4. The van der Waals surface area contributed by atoms with Crippen LogP contribution >= 0.6 is 0 Å². The number of hydrogen-bond donors (Lipinski definition) is 1. The number of ketones is 1. The molecule has 0 unspecified atom stereocenters. The van der Waals surface area contributed by atoms with Crippen LogP contribution in [0.25, 0.3) is 0 Å². The third kappa shape index (κ3) is 4.50. The highest BCUT2D eigenvalue weighted by molar-refractivity contribution is 6.04. The molecule has 0 amide bonds. The van der Waals surface area contributed by atoms with Crippen LogP contribution in [0.5, 0.6) is 0 Å². The van der Waals surface area contributed by atoms with Crippen LogP contribution in [0.4, 0.5) is 10.1 Å². The third-order valence-electron chi connectivity index (χ3n) is 4.43. The number of rotatable bonds is 6. The van der Waals surface area contributed by atoms with Gasteiger partial charge in [0.05, 0.1) is 23.6 Å². The summed E-state index contributed by atoms with van der Waals surface area (Å²) in [5.41, 5.74) is 5.58. The summed E-state index contributed by atoms with van der Waals surface area (Å²) in [6.45, 7) is 6.67. The quantitative estimate of drug-likeness (QED) is 0.505. The maximum atomic E-state index is 12.9. The third-order valence-corrected chi connectivity index (χ3v) is 4.43. The van der Waals surface area contributed by atoms with Gasteiger partial charge in [-0.15, -0.1) is 0 Å². The van der Waals surface area contributed by atoms with Gasteiger partial charge in [-0.05, 0) is 50.6 Å². The van der Waals surface area contributed by atoms with E-state index in [9.17, 15) is 9.18 Å². The molecule has 0 radical (unpaired) electrons. The van der Waals surface area contributed by atoms with Gasteiger partial charge in [0.15, 0.2) is 5.78 Å². The van der Waals surface area contributed by atoms with Gasteiger partial charge in [-0.2, -0.15) is 5.10 Å². The predicted molar refractivity (Wildman–Crippen MR) is 105 cm³/mol. The van der Waals surface area contributed by atoms with Crippen molar-refractivity contribution in [1.29, 1.82) is 0 Å². The number of carbonyl (C=O) groups is 1. The monoisotopic (exact) mass is 363 g/mol. The van der Waals surface area contributed by atoms with Gasteiger partial charge >= 0.3 is 0 Å². The summed E-state index contributed by atoms with van der Waals surface area (Å²) in [7, 11) is 0.